The molecule has 1 N–H and O–H groups in total. The summed E-state index contributed by atoms with van der Waals surface area (Å²) in [5.74, 6) is -0.0912. The van der Waals surface area contributed by atoms with E-state index in [1.54, 1.807) is 11.1 Å². The maximum Gasteiger partial charge on any atom is 0.241 e. The molecule has 0 saturated carbocycles. The number of nitrogens with zero attached hydrogens (tertiary/aromatic N) is 3. The SMILES string of the molecule is CCN1C(=O)[C@@H](CC(=O)NCCCN(C)C)Sc2ncccc21. The Kier molecular flexibility index (Phi) is 6.41. The third-order valence-electron chi connectivity index (χ3n) is 3.63. The summed E-state index contributed by atoms with van der Waals surface area (Å²) in [6.45, 7) is 4.08. The van der Waals surface area contributed by atoms with Gasteiger partial charge in [-0.15, -0.1) is 0 Å². The molecule has 0 radical (unpaired) electrons. The second kappa shape index (κ2) is 8.31. The quantitative estimate of drug-likeness (QED) is 0.762. The Hall–Kier alpha value is -1.60. The van der Waals surface area contributed by atoms with Gasteiger partial charge >= 0.3 is 0 Å². The van der Waals surface area contributed by atoms with Crippen molar-refractivity contribution < 1.29 is 9.59 Å². The lowest BCUT2D eigenvalue weighted by Crippen LogP contribution is -2.43. The average molecular weight is 336 g/mol. The van der Waals surface area contributed by atoms with E-state index >= 15 is 0 Å². The van der Waals surface area contributed by atoms with E-state index in [0.29, 0.717) is 13.1 Å². The minimum absolute atomic E-state index is 0.0126. The van der Waals surface area contributed by atoms with Gasteiger partial charge in [0.05, 0.1) is 10.9 Å². The topological polar surface area (TPSA) is 65.5 Å². The minimum atomic E-state index is -0.397. The second-order valence-electron chi connectivity index (χ2n) is 5.73. The largest absolute Gasteiger partial charge is 0.356 e. The van der Waals surface area contributed by atoms with Gasteiger partial charge < -0.3 is 15.1 Å². The zero-order chi connectivity index (χ0) is 16.8. The first kappa shape index (κ1) is 17.7. The molecule has 2 amide bonds. The smallest absolute Gasteiger partial charge is 0.241 e. The van der Waals surface area contributed by atoms with Crippen LogP contribution < -0.4 is 10.2 Å². The van der Waals surface area contributed by atoms with Crippen LogP contribution >= 0.6 is 11.8 Å². The van der Waals surface area contributed by atoms with Crippen molar-refractivity contribution >= 4 is 29.3 Å². The van der Waals surface area contributed by atoms with Gasteiger partial charge in [-0.3, -0.25) is 9.59 Å². The first-order chi connectivity index (χ1) is 11.0. The van der Waals surface area contributed by atoms with Gasteiger partial charge in [0.25, 0.3) is 0 Å². The number of carbonyl (C=O) groups excluding carboxylic acids is 2. The van der Waals surface area contributed by atoms with Crippen LogP contribution in [0.3, 0.4) is 0 Å². The van der Waals surface area contributed by atoms with E-state index in [4.69, 9.17) is 0 Å². The van der Waals surface area contributed by atoms with Crippen LogP contribution in [0.1, 0.15) is 19.8 Å². The van der Waals surface area contributed by atoms with E-state index in [-0.39, 0.29) is 18.2 Å². The van der Waals surface area contributed by atoms with Crippen molar-refractivity contribution in [1.29, 1.82) is 0 Å². The number of rotatable bonds is 7. The lowest BCUT2D eigenvalue weighted by Gasteiger charge is -2.31. The van der Waals surface area contributed by atoms with Crippen LogP contribution in [0.15, 0.2) is 23.4 Å². The van der Waals surface area contributed by atoms with Gasteiger partial charge in [-0.2, -0.15) is 0 Å². The standard InChI is InChI=1S/C16H24N4O2S/c1-4-20-12-7-5-8-18-15(12)23-13(16(20)22)11-14(21)17-9-6-10-19(2)3/h5,7-8,13H,4,6,9-11H2,1-3H3,(H,17,21)/t13-/m1/s1. The molecule has 0 aromatic carbocycles. The molecule has 1 aliphatic heterocycles. The third kappa shape index (κ3) is 4.68. The summed E-state index contributed by atoms with van der Waals surface area (Å²) < 4.78 is 0. The third-order valence-corrected chi connectivity index (χ3v) is 4.82. The minimum Gasteiger partial charge on any atom is -0.356 e. The molecule has 126 valence electrons. The van der Waals surface area contributed by atoms with Crippen LogP contribution in [0.5, 0.6) is 0 Å². The summed E-state index contributed by atoms with van der Waals surface area (Å²) in [7, 11) is 4.01. The van der Waals surface area contributed by atoms with E-state index < -0.39 is 5.25 Å². The van der Waals surface area contributed by atoms with Crippen molar-refractivity contribution in [2.75, 3.05) is 38.6 Å². The number of nitrogens with one attached hydrogen (secondary N) is 1. The molecule has 1 aromatic heterocycles. The van der Waals surface area contributed by atoms with E-state index in [2.05, 4.69) is 15.2 Å². The summed E-state index contributed by atoms with van der Waals surface area (Å²) in [6, 6.07) is 3.72. The summed E-state index contributed by atoms with van der Waals surface area (Å²) in [4.78, 5) is 32.8. The van der Waals surface area contributed by atoms with Crippen molar-refractivity contribution in [3.63, 3.8) is 0 Å². The molecule has 2 heterocycles. The zero-order valence-corrected chi connectivity index (χ0v) is 14.7. The molecular weight excluding hydrogens is 312 g/mol. The molecule has 1 aromatic rings. The molecule has 23 heavy (non-hydrogen) atoms. The Labute approximate surface area is 141 Å². The number of carbonyl (C=O) groups is 2. The summed E-state index contributed by atoms with van der Waals surface area (Å²) in [6.07, 6.45) is 2.81. The summed E-state index contributed by atoms with van der Waals surface area (Å²) in [5, 5.41) is 3.31. The fourth-order valence-electron chi connectivity index (χ4n) is 2.48. The molecule has 0 fully saturated rings. The number of aromatic nitrogens is 1. The van der Waals surface area contributed by atoms with Crippen LogP contribution in [0.2, 0.25) is 0 Å². The maximum atomic E-state index is 12.6. The second-order valence-corrected chi connectivity index (χ2v) is 6.92. The molecule has 0 aliphatic carbocycles. The number of hydrogen-bond donors (Lipinski definition) is 1. The number of amides is 2. The highest BCUT2D eigenvalue weighted by Gasteiger charge is 2.34. The van der Waals surface area contributed by atoms with E-state index in [1.165, 1.54) is 11.8 Å². The molecule has 1 atom stereocenters. The van der Waals surface area contributed by atoms with Crippen LogP contribution in [-0.4, -0.2) is 60.7 Å². The number of pyridine rings is 1. The Balaban J connectivity index is 1.93. The highest BCUT2D eigenvalue weighted by atomic mass is 32.2. The number of hydrogen-bond acceptors (Lipinski definition) is 5. The Morgan fingerprint density at radius 1 is 1.48 bits per heavy atom. The number of thioether (sulfide) groups is 1. The van der Waals surface area contributed by atoms with Gasteiger partial charge in [0.15, 0.2) is 0 Å². The lowest BCUT2D eigenvalue weighted by atomic mass is 10.2. The normalized spacial score (nSPS) is 17.3. The fraction of sp³-hybridized carbons (Fsp3) is 0.562. The highest BCUT2D eigenvalue weighted by molar-refractivity contribution is 8.00. The molecule has 0 spiro atoms. The van der Waals surface area contributed by atoms with Gasteiger partial charge in [-0.1, -0.05) is 11.8 Å². The molecule has 1 aliphatic rings. The van der Waals surface area contributed by atoms with Gasteiger partial charge in [-0.05, 0) is 46.1 Å². The van der Waals surface area contributed by atoms with Crippen LogP contribution in [0.4, 0.5) is 5.69 Å². The first-order valence-electron chi connectivity index (χ1n) is 7.87. The van der Waals surface area contributed by atoms with Crippen molar-refractivity contribution in [1.82, 2.24) is 15.2 Å². The van der Waals surface area contributed by atoms with Gasteiger partial charge in [0, 0.05) is 25.7 Å². The Bertz CT molecular complexity index is 565. The van der Waals surface area contributed by atoms with Crippen molar-refractivity contribution in [3.05, 3.63) is 18.3 Å². The van der Waals surface area contributed by atoms with Crippen LogP contribution in [0.25, 0.3) is 0 Å². The molecule has 7 heteroatoms. The molecule has 2 rings (SSSR count). The first-order valence-corrected chi connectivity index (χ1v) is 8.75. The van der Waals surface area contributed by atoms with Gasteiger partial charge in [0.2, 0.25) is 11.8 Å². The van der Waals surface area contributed by atoms with E-state index in [9.17, 15) is 9.59 Å². The summed E-state index contributed by atoms with van der Waals surface area (Å²) >= 11 is 1.39. The van der Waals surface area contributed by atoms with E-state index in [0.717, 1.165) is 23.7 Å². The van der Waals surface area contributed by atoms with Crippen LogP contribution in [-0.2, 0) is 9.59 Å². The molecular formula is C16H24N4O2S. The van der Waals surface area contributed by atoms with Crippen molar-refractivity contribution in [3.8, 4) is 0 Å². The summed E-state index contributed by atoms with van der Waals surface area (Å²) in [5.41, 5.74) is 0.840. The Morgan fingerprint density at radius 3 is 2.96 bits per heavy atom. The van der Waals surface area contributed by atoms with Gasteiger partial charge in [-0.25, -0.2) is 4.98 Å². The molecule has 0 bridgehead atoms. The number of fused-ring (bicyclic) bond motifs is 1. The fourth-order valence-corrected chi connectivity index (χ4v) is 3.63. The Morgan fingerprint density at radius 2 is 2.26 bits per heavy atom. The zero-order valence-electron chi connectivity index (χ0n) is 13.9. The number of anilines is 1. The average Bonchev–Trinajstić information content (AvgIpc) is 2.52. The predicted octanol–water partition coefficient (Wildman–Crippen LogP) is 1.37. The monoisotopic (exact) mass is 336 g/mol. The molecule has 6 nitrogen and oxygen atoms in total. The van der Waals surface area contributed by atoms with E-state index in [1.807, 2.05) is 33.2 Å². The van der Waals surface area contributed by atoms with Crippen LogP contribution in [0, 0.1) is 0 Å². The molecule has 0 unspecified atom stereocenters. The van der Waals surface area contributed by atoms with Crippen molar-refractivity contribution in [2.24, 2.45) is 0 Å². The highest BCUT2D eigenvalue weighted by Crippen LogP contribution is 2.38. The maximum absolute atomic E-state index is 12.6. The predicted molar refractivity (Wildman–Crippen MR) is 92.7 cm³/mol. The molecule has 0 saturated heterocycles. The lowest BCUT2D eigenvalue weighted by molar-refractivity contribution is -0.124. The van der Waals surface area contributed by atoms with Gasteiger partial charge in [0.1, 0.15) is 5.03 Å². The van der Waals surface area contributed by atoms with Crippen molar-refractivity contribution in [2.45, 2.75) is 30.0 Å².